The van der Waals surface area contributed by atoms with Gasteiger partial charge >= 0.3 is 11.9 Å². The Morgan fingerprint density at radius 1 is 1.19 bits per heavy atom. The number of phenols is 1. The highest BCUT2D eigenvalue weighted by Gasteiger charge is 2.18. The van der Waals surface area contributed by atoms with Crippen molar-refractivity contribution >= 4 is 22.7 Å². The minimum Gasteiger partial charge on any atom is -0.507 e. The van der Waals surface area contributed by atoms with Gasteiger partial charge in [-0.3, -0.25) is 4.79 Å². The van der Waals surface area contributed by atoms with Crippen molar-refractivity contribution in [1.82, 2.24) is 0 Å². The van der Waals surface area contributed by atoms with Crippen LogP contribution in [0.25, 0.3) is 10.8 Å². The van der Waals surface area contributed by atoms with Gasteiger partial charge in [-0.1, -0.05) is 24.3 Å². The molecule has 0 aliphatic heterocycles. The number of hydrogen-bond acceptors (Lipinski definition) is 5. The van der Waals surface area contributed by atoms with Crippen LogP contribution in [0.15, 0.2) is 36.9 Å². The summed E-state index contributed by atoms with van der Waals surface area (Å²) in [6, 6.07) is 6.47. The first-order chi connectivity index (χ1) is 9.92. The lowest BCUT2D eigenvalue weighted by atomic mass is 10.1. The van der Waals surface area contributed by atoms with Crippen molar-refractivity contribution in [1.29, 1.82) is 0 Å². The third-order valence-corrected chi connectivity index (χ3v) is 2.81. The van der Waals surface area contributed by atoms with Crippen LogP contribution in [0.4, 0.5) is 0 Å². The monoisotopic (exact) mass is 286 g/mol. The summed E-state index contributed by atoms with van der Waals surface area (Å²) in [7, 11) is 0. The second-order valence-electron chi connectivity index (χ2n) is 4.49. The van der Waals surface area contributed by atoms with Crippen molar-refractivity contribution in [3.05, 3.63) is 42.5 Å². The molecule has 0 spiro atoms. The highest BCUT2D eigenvalue weighted by Crippen LogP contribution is 2.41. The molecule has 5 heteroatoms. The van der Waals surface area contributed by atoms with E-state index in [1.165, 1.54) is 13.0 Å². The minimum absolute atomic E-state index is 0.0217. The molecule has 0 aliphatic rings. The molecule has 0 saturated heterocycles. The van der Waals surface area contributed by atoms with Crippen LogP contribution in [-0.2, 0) is 9.59 Å². The summed E-state index contributed by atoms with van der Waals surface area (Å²) in [5.41, 5.74) is 0.930. The Morgan fingerprint density at radius 2 is 1.90 bits per heavy atom. The molecule has 0 saturated carbocycles. The van der Waals surface area contributed by atoms with Crippen LogP contribution in [0.1, 0.15) is 12.5 Å². The van der Waals surface area contributed by atoms with Crippen molar-refractivity contribution in [3.63, 3.8) is 0 Å². The molecule has 21 heavy (non-hydrogen) atoms. The molecule has 0 unspecified atom stereocenters. The molecule has 2 aromatic rings. The summed E-state index contributed by atoms with van der Waals surface area (Å²) in [5.74, 6) is -1.29. The average Bonchev–Trinajstić information content (AvgIpc) is 2.42. The van der Waals surface area contributed by atoms with E-state index in [-0.39, 0.29) is 17.2 Å². The Labute approximate surface area is 121 Å². The molecule has 2 aromatic carbocycles. The summed E-state index contributed by atoms with van der Waals surface area (Å²) in [4.78, 5) is 22.6. The molecule has 2 rings (SSSR count). The van der Waals surface area contributed by atoms with Gasteiger partial charge in [0.2, 0.25) is 0 Å². The first-order valence-corrected chi connectivity index (χ1v) is 6.21. The third kappa shape index (κ3) is 3.02. The van der Waals surface area contributed by atoms with Crippen LogP contribution in [0.5, 0.6) is 17.2 Å². The maximum absolute atomic E-state index is 11.5. The number of phenolic OH excluding ortho intramolecular Hbond substituents is 1. The molecule has 0 amide bonds. The second kappa shape index (κ2) is 5.66. The quantitative estimate of drug-likeness (QED) is 0.533. The van der Waals surface area contributed by atoms with E-state index in [1.807, 2.05) is 6.92 Å². The van der Waals surface area contributed by atoms with Gasteiger partial charge < -0.3 is 14.6 Å². The maximum Gasteiger partial charge on any atom is 0.335 e. The normalized spacial score (nSPS) is 10.2. The van der Waals surface area contributed by atoms with Crippen LogP contribution < -0.4 is 9.47 Å². The van der Waals surface area contributed by atoms with Gasteiger partial charge in [0.05, 0.1) is 0 Å². The van der Waals surface area contributed by atoms with E-state index < -0.39 is 11.9 Å². The van der Waals surface area contributed by atoms with Crippen molar-refractivity contribution in [2.75, 3.05) is 0 Å². The van der Waals surface area contributed by atoms with Crippen molar-refractivity contribution in [2.45, 2.75) is 13.8 Å². The van der Waals surface area contributed by atoms with Gasteiger partial charge in [0.25, 0.3) is 0 Å². The summed E-state index contributed by atoms with van der Waals surface area (Å²) in [6.07, 6.45) is 1.00. The molecule has 108 valence electrons. The summed E-state index contributed by atoms with van der Waals surface area (Å²) in [5, 5.41) is 11.0. The number of ether oxygens (including phenoxy) is 2. The highest BCUT2D eigenvalue weighted by atomic mass is 16.6. The first kappa shape index (κ1) is 14.6. The number of benzene rings is 2. The molecule has 0 aromatic heterocycles. The SMILES string of the molecule is C=CC(=O)Oc1c(OC(C)=O)cc(O)c2cc(C)ccc12. The van der Waals surface area contributed by atoms with Gasteiger partial charge in [0, 0.05) is 29.8 Å². The first-order valence-electron chi connectivity index (χ1n) is 6.21. The van der Waals surface area contributed by atoms with Crippen LogP contribution in [-0.4, -0.2) is 17.0 Å². The van der Waals surface area contributed by atoms with E-state index in [4.69, 9.17) is 9.47 Å². The Morgan fingerprint density at radius 3 is 2.52 bits per heavy atom. The number of esters is 2. The third-order valence-electron chi connectivity index (χ3n) is 2.81. The van der Waals surface area contributed by atoms with Gasteiger partial charge in [-0.25, -0.2) is 4.79 Å². The molecular weight excluding hydrogens is 272 g/mol. The Balaban J connectivity index is 2.73. The smallest absolute Gasteiger partial charge is 0.335 e. The number of aryl methyl sites for hydroxylation is 1. The summed E-state index contributed by atoms with van der Waals surface area (Å²) >= 11 is 0. The molecule has 5 nitrogen and oxygen atoms in total. The molecular formula is C16H14O5. The zero-order chi connectivity index (χ0) is 15.6. The van der Waals surface area contributed by atoms with Crippen molar-refractivity contribution < 1.29 is 24.2 Å². The predicted molar refractivity (Wildman–Crippen MR) is 77.5 cm³/mol. The highest BCUT2D eigenvalue weighted by molar-refractivity contribution is 5.98. The lowest BCUT2D eigenvalue weighted by Crippen LogP contribution is -2.08. The molecule has 0 heterocycles. The fourth-order valence-corrected chi connectivity index (χ4v) is 1.95. The Hall–Kier alpha value is -2.82. The topological polar surface area (TPSA) is 72.8 Å². The second-order valence-corrected chi connectivity index (χ2v) is 4.49. The average molecular weight is 286 g/mol. The molecule has 0 radical (unpaired) electrons. The lowest BCUT2D eigenvalue weighted by molar-refractivity contribution is -0.133. The van der Waals surface area contributed by atoms with Crippen LogP contribution in [0, 0.1) is 6.92 Å². The van der Waals surface area contributed by atoms with E-state index in [0.29, 0.717) is 10.8 Å². The predicted octanol–water partition coefficient (Wildman–Crippen LogP) is 2.87. The molecule has 0 atom stereocenters. The lowest BCUT2D eigenvalue weighted by Gasteiger charge is -2.13. The summed E-state index contributed by atoms with van der Waals surface area (Å²) < 4.78 is 10.2. The van der Waals surface area contributed by atoms with Crippen LogP contribution >= 0.6 is 0 Å². The molecule has 0 fully saturated rings. The van der Waals surface area contributed by atoms with Gasteiger partial charge in [0.1, 0.15) is 5.75 Å². The van der Waals surface area contributed by atoms with Crippen molar-refractivity contribution in [2.24, 2.45) is 0 Å². The van der Waals surface area contributed by atoms with Gasteiger partial charge in [0.15, 0.2) is 11.5 Å². The van der Waals surface area contributed by atoms with Gasteiger partial charge in [-0.2, -0.15) is 0 Å². The Kier molecular flexibility index (Phi) is 3.93. The molecule has 0 aliphatic carbocycles. The fraction of sp³-hybridized carbons (Fsp3) is 0.125. The van der Waals surface area contributed by atoms with E-state index in [9.17, 15) is 14.7 Å². The minimum atomic E-state index is -0.684. The number of hydrogen-bond donors (Lipinski definition) is 1. The fourth-order valence-electron chi connectivity index (χ4n) is 1.95. The number of carbonyl (C=O) groups excluding carboxylic acids is 2. The number of carbonyl (C=O) groups is 2. The number of fused-ring (bicyclic) bond motifs is 1. The zero-order valence-electron chi connectivity index (χ0n) is 11.7. The van der Waals surface area contributed by atoms with Gasteiger partial charge in [-0.05, 0) is 13.0 Å². The van der Waals surface area contributed by atoms with E-state index in [2.05, 4.69) is 6.58 Å². The standard InChI is InChI=1S/C16H14O5/c1-4-15(19)21-16-11-6-5-9(2)7-12(11)13(18)8-14(16)20-10(3)17/h4-8,18H,1H2,2-3H3. The van der Waals surface area contributed by atoms with Crippen LogP contribution in [0.3, 0.4) is 0 Å². The zero-order valence-corrected chi connectivity index (χ0v) is 11.7. The van der Waals surface area contributed by atoms with Crippen LogP contribution in [0.2, 0.25) is 0 Å². The molecule has 1 N–H and O–H groups in total. The number of aromatic hydroxyl groups is 1. The van der Waals surface area contributed by atoms with Crippen molar-refractivity contribution in [3.8, 4) is 17.2 Å². The Bertz CT molecular complexity index is 746. The van der Waals surface area contributed by atoms with E-state index in [0.717, 1.165) is 11.6 Å². The largest absolute Gasteiger partial charge is 0.507 e. The summed E-state index contributed by atoms with van der Waals surface area (Å²) in [6.45, 7) is 6.41. The van der Waals surface area contributed by atoms with E-state index in [1.54, 1.807) is 18.2 Å². The molecule has 0 bridgehead atoms. The van der Waals surface area contributed by atoms with Gasteiger partial charge in [-0.15, -0.1) is 0 Å². The maximum atomic E-state index is 11.5. The number of rotatable bonds is 3. The van der Waals surface area contributed by atoms with E-state index >= 15 is 0 Å².